The third-order valence-electron chi connectivity index (χ3n) is 1.74. The zero-order valence-corrected chi connectivity index (χ0v) is 10.5. The Morgan fingerprint density at radius 3 is 2.65 bits per heavy atom. The van der Waals surface area contributed by atoms with Gasteiger partial charge in [-0.1, -0.05) is 6.92 Å². The number of rotatable bonds is 5. The summed E-state index contributed by atoms with van der Waals surface area (Å²) >= 11 is 0. The number of nitrogens with zero attached hydrogens (tertiary/aromatic N) is 2. The SMILES string of the molecule is CCCOC.CCNc1ncccc1[N+](=O)[O-]. The number of hydrogen-bond donors (Lipinski definition) is 1. The number of nitro groups is 1. The second kappa shape index (κ2) is 9.53. The van der Waals surface area contributed by atoms with Gasteiger partial charge in [0.2, 0.25) is 5.82 Å². The molecule has 96 valence electrons. The molecule has 0 aromatic carbocycles. The van der Waals surface area contributed by atoms with E-state index in [1.807, 2.05) is 6.92 Å². The smallest absolute Gasteiger partial charge is 0.311 e. The van der Waals surface area contributed by atoms with Gasteiger partial charge in [-0.15, -0.1) is 0 Å². The van der Waals surface area contributed by atoms with Gasteiger partial charge in [-0.05, 0) is 19.4 Å². The van der Waals surface area contributed by atoms with Gasteiger partial charge in [0, 0.05) is 32.5 Å². The summed E-state index contributed by atoms with van der Waals surface area (Å²) in [5.41, 5.74) is 0.0133. The summed E-state index contributed by atoms with van der Waals surface area (Å²) in [6, 6.07) is 2.96. The number of anilines is 1. The number of nitrogens with one attached hydrogen (secondary N) is 1. The summed E-state index contributed by atoms with van der Waals surface area (Å²) in [4.78, 5) is 13.8. The Morgan fingerprint density at radius 1 is 1.53 bits per heavy atom. The van der Waals surface area contributed by atoms with Gasteiger partial charge in [0.1, 0.15) is 0 Å². The van der Waals surface area contributed by atoms with Crippen LogP contribution in [0.2, 0.25) is 0 Å². The molecule has 0 spiro atoms. The van der Waals surface area contributed by atoms with Crippen LogP contribution in [-0.2, 0) is 4.74 Å². The summed E-state index contributed by atoms with van der Waals surface area (Å²) in [5.74, 6) is 0.324. The third-order valence-corrected chi connectivity index (χ3v) is 1.74. The number of methoxy groups -OCH3 is 1. The standard InChI is InChI=1S/C7H9N3O2.C4H10O/c1-2-8-7-6(10(11)12)4-3-5-9-7;1-3-4-5-2/h3-5H,2H2,1H3,(H,8,9);3-4H2,1-2H3. The number of aromatic nitrogens is 1. The number of ether oxygens (including phenoxy) is 1. The summed E-state index contributed by atoms with van der Waals surface area (Å²) in [7, 11) is 1.71. The fraction of sp³-hybridized carbons (Fsp3) is 0.545. The third kappa shape index (κ3) is 6.47. The Kier molecular flexibility index (Phi) is 8.58. The van der Waals surface area contributed by atoms with Crippen LogP contribution in [0.1, 0.15) is 20.3 Å². The van der Waals surface area contributed by atoms with Crippen molar-refractivity contribution in [3.63, 3.8) is 0 Å². The largest absolute Gasteiger partial charge is 0.385 e. The molecule has 0 aliphatic carbocycles. The molecule has 0 atom stereocenters. The molecule has 0 aliphatic heterocycles. The van der Waals surface area contributed by atoms with Crippen LogP contribution in [0.25, 0.3) is 0 Å². The molecule has 1 aromatic heterocycles. The molecule has 17 heavy (non-hydrogen) atoms. The van der Waals surface area contributed by atoms with E-state index in [9.17, 15) is 10.1 Å². The average Bonchev–Trinajstić information content (AvgIpc) is 2.32. The van der Waals surface area contributed by atoms with Crippen LogP contribution in [0, 0.1) is 10.1 Å². The lowest BCUT2D eigenvalue weighted by Crippen LogP contribution is -2.02. The Hall–Kier alpha value is -1.69. The molecule has 0 aliphatic rings. The van der Waals surface area contributed by atoms with Crippen molar-refractivity contribution in [2.24, 2.45) is 0 Å². The Morgan fingerprint density at radius 2 is 2.24 bits per heavy atom. The van der Waals surface area contributed by atoms with Crippen LogP contribution in [0.15, 0.2) is 18.3 Å². The van der Waals surface area contributed by atoms with Gasteiger partial charge in [-0.25, -0.2) is 4.98 Å². The highest BCUT2D eigenvalue weighted by Gasteiger charge is 2.11. The van der Waals surface area contributed by atoms with Gasteiger partial charge in [-0.3, -0.25) is 10.1 Å². The summed E-state index contributed by atoms with van der Waals surface area (Å²) < 4.78 is 4.69. The fourth-order valence-electron chi connectivity index (χ4n) is 1.05. The van der Waals surface area contributed by atoms with E-state index in [1.54, 1.807) is 13.2 Å². The van der Waals surface area contributed by atoms with Crippen molar-refractivity contribution >= 4 is 11.5 Å². The Labute approximate surface area is 101 Å². The molecule has 6 heteroatoms. The molecule has 1 rings (SSSR count). The highest BCUT2D eigenvalue weighted by Crippen LogP contribution is 2.19. The van der Waals surface area contributed by atoms with E-state index in [-0.39, 0.29) is 5.69 Å². The van der Waals surface area contributed by atoms with Gasteiger partial charge >= 0.3 is 5.69 Å². The number of pyridine rings is 1. The average molecular weight is 241 g/mol. The van der Waals surface area contributed by atoms with Gasteiger partial charge in [-0.2, -0.15) is 0 Å². The van der Waals surface area contributed by atoms with Crippen LogP contribution < -0.4 is 5.32 Å². The minimum atomic E-state index is -0.453. The fourth-order valence-corrected chi connectivity index (χ4v) is 1.05. The zero-order valence-electron chi connectivity index (χ0n) is 10.5. The molecule has 0 radical (unpaired) electrons. The summed E-state index contributed by atoms with van der Waals surface area (Å²) in [5, 5.41) is 13.2. The van der Waals surface area contributed by atoms with Crippen molar-refractivity contribution in [3.05, 3.63) is 28.4 Å². The second-order valence-electron chi connectivity index (χ2n) is 3.15. The van der Waals surface area contributed by atoms with E-state index in [2.05, 4.69) is 17.2 Å². The molecule has 0 saturated heterocycles. The lowest BCUT2D eigenvalue weighted by molar-refractivity contribution is -0.384. The van der Waals surface area contributed by atoms with Crippen molar-refractivity contribution in [3.8, 4) is 0 Å². The van der Waals surface area contributed by atoms with Crippen molar-refractivity contribution < 1.29 is 9.66 Å². The first-order valence-corrected chi connectivity index (χ1v) is 5.49. The molecule has 6 nitrogen and oxygen atoms in total. The van der Waals surface area contributed by atoms with Crippen molar-refractivity contribution in [1.29, 1.82) is 0 Å². The highest BCUT2D eigenvalue weighted by molar-refractivity contribution is 5.54. The summed E-state index contributed by atoms with van der Waals surface area (Å²) in [6.45, 7) is 5.46. The van der Waals surface area contributed by atoms with Crippen molar-refractivity contribution in [1.82, 2.24) is 4.98 Å². The van der Waals surface area contributed by atoms with Crippen molar-refractivity contribution in [2.75, 3.05) is 25.6 Å². The summed E-state index contributed by atoms with van der Waals surface area (Å²) in [6.07, 6.45) is 2.64. The highest BCUT2D eigenvalue weighted by atomic mass is 16.6. The predicted octanol–water partition coefficient (Wildman–Crippen LogP) is 2.46. The first-order valence-electron chi connectivity index (χ1n) is 5.49. The van der Waals surface area contributed by atoms with Gasteiger partial charge in [0.05, 0.1) is 4.92 Å². The van der Waals surface area contributed by atoms with Crippen molar-refractivity contribution in [2.45, 2.75) is 20.3 Å². The van der Waals surface area contributed by atoms with Crippen LogP contribution in [0.3, 0.4) is 0 Å². The first-order chi connectivity index (χ1) is 8.17. The maximum absolute atomic E-state index is 10.4. The minimum Gasteiger partial charge on any atom is -0.385 e. The molecular formula is C11H19N3O3. The van der Waals surface area contributed by atoms with E-state index in [4.69, 9.17) is 4.74 Å². The topological polar surface area (TPSA) is 77.3 Å². The molecular weight excluding hydrogens is 222 g/mol. The molecule has 1 N–H and O–H groups in total. The van der Waals surface area contributed by atoms with Gasteiger partial charge in [0.25, 0.3) is 0 Å². The van der Waals surface area contributed by atoms with E-state index in [1.165, 1.54) is 12.3 Å². The molecule has 0 amide bonds. The second-order valence-corrected chi connectivity index (χ2v) is 3.15. The molecule has 0 bridgehead atoms. The maximum Gasteiger partial charge on any atom is 0.311 e. The monoisotopic (exact) mass is 241 g/mol. The quantitative estimate of drug-likeness (QED) is 0.633. The van der Waals surface area contributed by atoms with Gasteiger partial charge in [0.15, 0.2) is 0 Å². The molecule has 0 saturated carbocycles. The predicted molar refractivity (Wildman–Crippen MR) is 67.2 cm³/mol. The van der Waals surface area contributed by atoms with E-state index in [0.29, 0.717) is 12.4 Å². The van der Waals surface area contributed by atoms with E-state index < -0.39 is 4.92 Å². The lowest BCUT2D eigenvalue weighted by Gasteiger charge is -2.00. The van der Waals surface area contributed by atoms with Crippen LogP contribution >= 0.6 is 0 Å². The normalized spacial score (nSPS) is 9.12. The maximum atomic E-state index is 10.4. The molecule has 0 fully saturated rings. The van der Waals surface area contributed by atoms with Crippen LogP contribution in [0.5, 0.6) is 0 Å². The molecule has 0 unspecified atom stereocenters. The molecule has 1 heterocycles. The van der Waals surface area contributed by atoms with E-state index in [0.717, 1.165) is 13.0 Å². The van der Waals surface area contributed by atoms with Gasteiger partial charge < -0.3 is 10.1 Å². The zero-order chi connectivity index (χ0) is 13.1. The molecule has 1 aromatic rings. The lowest BCUT2D eigenvalue weighted by atomic mass is 10.4. The Bertz CT molecular complexity index is 329. The number of hydrogen-bond acceptors (Lipinski definition) is 5. The van der Waals surface area contributed by atoms with Crippen LogP contribution in [0.4, 0.5) is 11.5 Å². The minimum absolute atomic E-state index is 0.0133. The Balaban J connectivity index is 0.000000437. The van der Waals surface area contributed by atoms with E-state index >= 15 is 0 Å². The van der Waals surface area contributed by atoms with Crippen LogP contribution in [-0.4, -0.2) is 30.2 Å². The first kappa shape index (κ1) is 15.3.